The summed E-state index contributed by atoms with van der Waals surface area (Å²) in [4.78, 5) is 11.0. The molecule has 1 rings (SSSR count). The Morgan fingerprint density at radius 1 is 1.33 bits per heavy atom. The summed E-state index contributed by atoms with van der Waals surface area (Å²) < 4.78 is 48.8. The van der Waals surface area contributed by atoms with Crippen molar-refractivity contribution in [2.24, 2.45) is 0 Å². The molecule has 7 heteroatoms. The molecule has 0 fully saturated rings. The Hall–Kier alpha value is -1.63. The van der Waals surface area contributed by atoms with E-state index in [1.165, 1.54) is 5.19 Å². The molecular formula is C17H23F4NOSi. The van der Waals surface area contributed by atoms with Crippen LogP contribution in [0.2, 0.25) is 13.1 Å². The molecule has 0 saturated heterocycles. The molecule has 2 nitrogen and oxygen atoms in total. The number of benzene rings is 1. The van der Waals surface area contributed by atoms with Gasteiger partial charge in [-0.15, -0.1) is 6.58 Å². The zero-order valence-electron chi connectivity index (χ0n) is 13.9. The van der Waals surface area contributed by atoms with Crippen LogP contribution >= 0.6 is 0 Å². The van der Waals surface area contributed by atoms with Gasteiger partial charge in [-0.3, -0.25) is 4.79 Å². The highest BCUT2D eigenvalue weighted by atomic mass is 28.3. The summed E-state index contributed by atoms with van der Waals surface area (Å²) in [6.45, 7) is 8.31. The number of halogens is 4. The highest BCUT2D eigenvalue weighted by Gasteiger charge is 2.45. The van der Waals surface area contributed by atoms with Crippen LogP contribution in [-0.2, 0) is 11.2 Å². The van der Waals surface area contributed by atoms with Gasteiger partial charge in [0.05, 0.1) is 0 Å². The number of amides is 1. The van der Waals surface area contributed by atoms with E-state index in [2.05, 4.69) is 31.8 Å². The quantitative estimate of drug-likeness (QED) is 0.427. The Bertz CT molecular complexity index is 572. The highest BCUT2D eigenvalue weighted by molar-refractivity contribution is 6.93. The molecule has 0 heterocycles. The second-order valence-corrected chi connectivity index (χ2v) is 10.7. The molecule has 0 radical (unpaired) electrons. The maximum Gasteiger partial charge on any atom is 0.428 e. The van der Waals surface area contributed by atoms with Crippen molar-refractivity contribution in [3.8, 4) is 0 Å². The van der Waals surface area contributed by atoms with Crippen LogP contribution in [0.3, 0.4) is 0 Å². The molecule has 0 aliphatic rings. The van der Waals surface area contributed by atoms with Crippen LogP contribution in [-0.4, -0.2) is 32.9 Å². The molecule has 0 aromatic heterocycles. The van der Waals surface area contributed by atoms with E-state index >= 15 is 0 Å². The second kappa shape index (κ2) is 8.46. The smallest absolute Gasteiger partial charge is 0.353 e. The fourth-order valence-electron chi connectivity index (χ4n) is 2.15. The van der Waals surface area contributed by atoms with Gasteiger partial charge in [-0.1, -0.05) is 48.2 Å². The Balaban J connectivity index is 2.40. The number of nitrogens with one attached hydrogen (secondary N) is 1. The minimum absolute atomic E-state index is 0.0297. The molecule has 1 amide bonds. The highest BCUT2D eigenvalue weighted by Crippen LogP contribution is 2.22. The fraction of sp³-hybridized carbons (Fsp3) is 0.471. The van der Waals surface area contributed by atoms with Crippen molar-refractivity contribution in [2.75, 3.05) is 6.54 Å². The summed E-state index contributed by atoms with van der Waals surface area (Å²) in [6, 6.07) is 8.20. The number of carbonyl (C=O) groups is 1. The molecule has 0 saturated carbocycles. The van der Waals surface area contributed by atoms with E-state index in [1.807, 2.05) is 23.1 Å². The zero-order chi connectivity index (χ0) is 18.4. The van der Waals surface area contributed by atoms with Crippen molar-refractivity contribution in [2.45, 2.75) is 44.7 Å². The first-order valence-corrected chi connectivity index (χ1v) is 10.9. The van der Waals surface area contributed by atoms with Crippen molar-refractivity contribution in [3.05, 3.63) is 42.1 Å². The molecule has 0 aliphatic heterocycles. The molecule has 1 N–H and O–H groups in total. The van der Waals surface area contributed by atoms with Crippen molar-refractivity contribution < 1.29 is 22.4 Å². The molecule has 24 heavy (non-hydrogen) atoms. The molecule has 1 atom stereocenters. The molecule has 0 aliphatic carbocycles. The topological polar surface area (TPSA) is 29.1 Å². The lowest BCUT2D eigenvalue weighted by Gasteiger charge is -2.18. The van der Waals surface area contributed by atoms with E-state index in [1.54, 1.807) is 0 Å². The minimum atomic E-state index is -5.15. The Kier molecular flexibility index (Phi) is 7.20. The lowest BCUT2D eigenvalue weighted by atomic mass is 10.1. The average Bonchev–Trinajstić information content (AvgIpc) is 2.53. The summed E-state index contributed by atoms with van der Waals surface area (Å²) in [5.74, 6) is -1.62. The number of rotatable bonds is 8. The SMILES string of the molecule is C=C[Si](C)(C)c1cccc(CCCCNC(=O)C(F)C(F)(F)F)c1. The Labute approximate surface area is 141 Å². The zero-order valence-corrected chi connectivity index (χ0v) is 14.9. The van der Waals surface area contributed by atoms with E-state index in [0.717, 1.165) is 12.0 Å². The van der Waals surface area contributed by atoms with Gasteiger partial charge < -0.3 is 5.32 Å². The molecule has 1 aromatic rings. The van der Waals surface area contributed by atoms with E-state index < -0.39 is 26.3 Å². The molecule has 1 unspecified atom stereocenters. The predicted molar refractivity (Wildman–Crippen MR) is 90.7 cm³/mol. The lowest BCUT2D eigenvalue weighted by molar-refractivity contribution is -0.186. The van der Waals surface area contributed by atoms with Crippen LogP contribution in [0.25, 0.3) is 0 Å². The number of hydrogen-bond acceptors (Lipinski definition) is 1. The van der Waals surface area contributed by atoms with Gasteiger partial charge >= 0.3 is 6.18 Å². The summed E-state index contributed by atoms with van der Waals surface area (Å²) in [5, 5.41) is 3.25. The Morgan fingerprint density at radius 3 is 2.58 bits per heavy atom. The van der Waals surface area contributed by atoms with Gasteiger partial charge in [0.25, 0.3) is 12.1 Å². The summed E-state index contributed by atoms with van der Waals surface area (Å²) in [5.41, 5.74) is 3.15. The summed E-state index contributed by atoms with van der Waals surface area (Å²) in [6.07, 6.45) is -6.66. The minimum Gasteiger partial charge on any atom is -0.353 e. The first kappa shape index (κ1) is 20.4. The standard InChI is InChI=1S/C17H23F4NOSi/c1-4-24(2,3)14-10-7-9-13(12-14)8-5-6-11-22-16(23)15(18)17(19,20)21/h4,7,9-10,12,15H,1,5-6,8,11H2,2-3H3,(H,22,23). The van der Waals surface area contributed by atoms with Gasteiger partial charge in [-0.25, -0.2) is 4.39 Å². The van der Waals surface area contributed by atoms with Gasteiger partial charge in [0, 0.05) is 6.54 Å². The van der Waals surface area contributed by atoms with E-state index in [4.69, 9.17) is 0 Å². The molecule has 1 aromatic carbocycles. The van der Waals surface area contributed by atoms with Gasteiger partial charge in [-0.05, 0) is 24.8 Å². The fourth-order valence-corrected chi connectivity index (χ4v) is 3.47. The molecule has 0 bridgehead atoms. The van der Waals surface area contributed by atoms with Gasteiger partial charge in [0.2, 0.25) is 0 Å². The first-order valence-electron chi connectivity index (χ1n) is 7.79. The third-order valence-corrected chi connectivity index (χ3v) is 6.71. The van der Waals surface area contributed by atoms with Gasteiger partial charge in [-0.2, -0.15) is 13.2 Å². The van der Waals surface area contributed by atoms with E-state index in [0.29, 0.717) is 12.8 Å². The van der Waals surface area contributed by atoms with E-state index in [9.17, 15) is 22.4 Å². The van der Waals surface area contributed by atoms with Gasteiger partial charge in [0.1, 0.15) is 8.07 Å². The first-order chi connectivity index (χ1) is 11.1. The van der Waals surface area contributed by atoms with E-state index in [-0.39, 0.29) is 6.54 Å². The number of alkyl halides is 4. The normalized spacial score (nSPS) is 13.4. The van der Waals surface area contributed by atoms with Crippen LogP contribution < -0.4 is 10.5 Å². The number of carbonyl (C=O) groups excluding carboxylic acids is 1. The van der Waals surface area contributed by atoms with Crippen molar-refractivity contribution in [1.82, 2.24) is 5.32 Å². The summed E-state index contributed by atoms with van der Waals surface area (Å²) >= 11 is 0. The van der Waals surface area contributed by atoms with Gasteiger partial charge in [0.15, 0.2) is 0 Å². The molecule has 134 valence electrons. The largest absolute Gasteiger partial charge is 0.428 e. The molecule has 0 spiro atoms. The summed E-state index contributed by atoms with van der Waals surface area (Å²) in [7, 11) is -1.63. The number of hydrogen-bond donors (Lipinski definition) is 1. The maximum absolute atomic E-state index is 12.7. The monoisotopic (exact) mass is 361 g/mol. The van der Waals surface area contributed by atoms with Crippen LogP contribution in [0.4, 0.5) is 17.6 Å². The lowest BCUT2D eigenvalue weighted by Crippen LogP contribution is -2.41. The van der Waals surface area contributed by atoms with Crippen LogP contribution in [0.1, 0.15) is 18.4 Å². The number of unbranched alkanes of at least 4 members (excludes halogenated alkanes) is 1. The maximum atomic E-state index is 12.7. The average molecular weight is 361 g/mol. The Morgan fingerprint density at radius 2 is 2.00 bits per heavy atom. The van der Waals surface area contributed by atoms with Crippen LogP contribution in [0.5, 0.6) is 0 Å². The van der Waals surface area contributed by atoms with Crippen molar-refractivity contribution >= 4 is 19.2 Å². The number of aryl methyl sites for hydroxylation is 1. The third kappa shape index (κ3) is 6.11. The van der Waals surface area contributed by atoms with Crippen molar-refractivity contribution in [3.63, 3.8) is 0 Å². The predicted octanol–water partition coefficient (Wildman–Crippen LogP) is 3.67. The van der Waals surface area contributed by atoms with Crippen LogP contribution in [0, 0.1) is 0 Å². The van der Waals surface area contributed by atoms with Crippen molar-refractivity contribution in [1.29, 1.82) is 0 Å². The van der Waals surface area contributed by atoms with Crippen LogP contribution in [0.15, 0.2) is 36.5 Å². The third-order valence-electron chi connectivity index (χ3n) is 3.89. The second-order valence-electron chi connectivity index (χ2n) is 6.28. The molecular weight excluding hydrogens is 338 g/mol.